The Balaban J connectivity index is 2.46. The molecule has 0 spiro atoms. The second-order valence-corrected chi connectivity index (χ2v) is 5.22. The number of carbonyl (C=O) groups excluding carboxylic acids is 1. The summed E-state index contributed by atoms with van der Waals surface area (Å²) in [7, 11) is 0. The van der Waals surface area contributed by atoms with E-state index < -0.39 is 18.0 Å². The number of carboxylic acid groups (broad SMARTS) is 1. The summed E-state index contributed by atoms with van der Waals surface area (Å²) in [6.45, 7) is 6.31. The van der Waals surface area contributed by atoms with Crippen LogP contribution in [0, 0.1) is 5.92 Å². The summed E-state index contributed by atoms with van der Waals surface area (Å²) in [5.41, 5.74) is 0. The Kier molecular flexibility index (Phi) is 6.08. The molecule has 19 heavy (non-hydrogen) atoms. The van der Waals surface area contributed by atoms with Crippen molar-refractivity contribution in [1.82, 2.24) is 10.6 Å². The van der Waals surface area contributed by atoms with Crippen molar-refractivity contribution in [1.29, 1.82) is 0 Å². The van der Waals surface area contributed by atoms with Gasteiger partial charge in [-0.2, -0.15) is 0 Å². The molecule has 1 saturated heterocycles. The number of nitrogens with one attached hydrogen (secondary N) is 2. The van der Waals surface area contributed by atoms with E-state index in [1.807, 2.05) is 20.8 Å². The molecule has 1 fully saturated rings. The van der Waals surface area contributed by atoms with Crippen molar-refractivity contribution < 1.29 is 19.4 Å². The molecule has 3 N–H and O–H groups in total. The highest BCUT2D eigenvalue weighted by Crippen LogP contribution is 2.13. The topological polar surface area (TPSA) is 87.7 Å². The second kappa shape index (κ2) is 7.33. The zero-order valence-corrected chi connectivity index (χ0v) is 11.8. The zero-order chi connectivity index (χ0) is 14.4. The van der Waals surface area contributed by atoms with Crippen LogP contribution in [-0.4, -0.2) is 41.9 Å². The van der Waals surface area contributed by atoms with Crippen molar-refractivity contribution in [2.24, 2.45) is 5.92 Å². The van der Waals surface area contributed by atoms with E-state index in [1.54, 1.807) is 0 Å². The molecular weight excluding hydrogens is 248 g/mol. The maximum absolute atomic E-state index is 11.8. The molecule has 110 valence electrons. The average Bonchev–Trinajstić information content (AvgIpc) is 2.34. The molecule has 0 aromatic rings. The average molecular weight is 272 g/mol. The summed E-state index contributed by atoms with van der Waals surface area (Å²) in [6, 6.07) is -1.20. The summed E-state index contributed by atoms with van der Waals surface area (Å²) in [6.07, 6.45) is 2.35. The smallest absolute Gasteiger partial charge is 0.326 e. The van der Waals surface area contributed by atoms with Crippen molar-refractivity contribution in [3.05, 3.63) is 0 Å². The lowest BCUT2D eigenvalue weighted by Crippen LogP contribution is -2.52. The molecule has 4 unspecified atom stereocenters. The van der Waals surface area contributed by atoms with Crippen molar-refractivity contribution >= 4 is 12.0 Å². The van der Waals surface area contributed by atoms with Crippen molar-refractivity contribution in [2.75, 3.05) is 6.61 Å². The monoisotopic (exact) mass is 272 g/mol. The SMILES string of the molecule is CCC(C)C(NC(=O)NC1CCOC(C)C1)C(=O)O. The van der Waals surface area contributed by atoms with Gasteiger partial charge in [0.2, 0.25) is 0 Å². The Bertz CT molecular complexity index is 322. The quantitative estimate of drug-likeness (QED) is 0.705. The van der Waals surface area contributed by atoms with E-state index in [0.29, 0.717) is 13.0 Å². The largest absolute Gasteiger partial charge is 0.480 e. The third-order valence-corrected chi connectivity index (χ3v) is 3.59. The molecule has 6 nitrogen and oxygen atoms in total. The van der Waals surface area contributed by atoms with Crippen LogP contribution in [0.15, 0.2) is 0 Å². The highest BCUT2D eigenvalue weighted by Gasteiger charge is 2.27. The van der Waals surface area contributed by atoms with Gasteiger partial charge < -0.3 is 20.5 Å². The third kappa shape index (κ3) is 5.06. The van der Waals surface area contributed by atoms with Gasteiger partial charge in [0.15, 0.2) is 0 Å². The van der Waals surface area contributed by atoms with Crippen LogP contribution in [-0.2, 0) is 9.53 Å². The van der Waals surface area contributed by atoms with Gasteiger partial charge in [-0.1, -0.05) is 20.3 Å². The lowest BCUT2D eigenvalue weighted by atomic mass is 9.99. The maximum atomic E-state index is 11.8. The predicted molar refractivity (Wildman–Crippen MR) is 71.0 cm³/mol. The number of rotatable bonds is 5. The molecule has 0 saturated carbocycles. The molecular formula is C13H24N2O4. The van der Waals surface area contributed by atoms with Gasteiger partial charge in [-0.05, 0) is 25.7 Å². The molecule has 0 aromatic heterocycles. The Morgan fingerprint density at radius 1 is 1.47 bits per heavy atom. The van der Waals surface area contributed by atoms with Gasteiger partial charge in [0.25, 0.3) is 0 Å². The summed E-state index contributed by atoms with van der Waals surface area (Å²) < 4.78 is 5.40. The molecule has 4 atom stereocenters. The summed E-state index contributed by atoms with van der Waals surface area (Å²) >= 11 is 0. The van der Waals surface area contributed by atoms with Gasteiger partial charge >= 0.3 is 12.0 Å². The van der Waals surface area contributed by atoms with E-state index >= 15 is 0 Å². The van der Waals surface area contributed by atoms with E-state index in [0.717, 1.165) is 12.8 Å². The first-order valence-corrected chi connectivity index (χ1v) is 6.85. The van der Waals surface area contributed by atoms with Gasteiger partial charge in [0, 0.05) is 12.6 Å². The van der Waals surface area contributed by atoms with Gasteiger partial charge in [0.1, 0.15) is 6.04 Å². The van der Waals surface area contributed by atoms with E-state index in [-0.39, 0.29) is 18.1 Å². The minimum absolute atomic E-state index is 0.0510. The fraction of sp³-hybridized carbons (Fsp3) is 0.846. The lowest BCUT2D eigenvalue weighted by Gasteiger charge is -2.29. The Hall–Kier alpha value is -1.30. The molecule has 6 heteroatoms. The first-order valence-electron chi connectivity index (χ1n) is 6.85. The van der Waals surface area contributed by atoms with E-state index in [1.165, 1.54) is 0 Å². The van der Waals surface area contributed by atoms with Crippen LogP contribution in [0.4, 0.5) is 4.79 Å². The van der Waals surface area contributed by atoms with Gasteiger partial charge in [0.05, 0.1) is 6.10 Å². The van der Waals surface area contributed by atoms with Crippen molar-refractivity contribution in [3.8, 4) is 0 Å². The standard InChI is InChI=1S/C13H24N2O4/c1-4-8(2)11(12(16)17)15-13(18)14-10-5-6-19-9(3)7-10/h8-11H,4-7H2,1-3H3,(H,16,17)(H2,14,15,18). The Morgan fingerprint density at radius 2 is 2.16 bits per heavy atom. The van der Waals surface area contributed by atoms with Gasteiger partial charge in [-0.25, -0.2) is 9.59 Å². The van der Waals surface area contributed by atoms with Gasteiger partial charge in [-0.15, -0.1) is 0 Å². The molecule has 2 amide bonds. The number of aliphatic carboxylic acids is 1. The van der Waals surface area contributed by atoms with Gasteiger partial charge in [-0.3, -0.25) is 0 Å². The molecule has 1 rings (SSSR count). The van der Waals surface area contributed by atoms with Crippen LogP contribution in [0.5, 0.6) is 0 Å². The van der Waals surface area contributed by atoms with E-state index in [2.05, 4.69) is 10.6 Å². The second-order valence-electron chi connectivity index (χ2n) is 5.22. The molecule has 0 bridgehead atoms. The maximum Gasteiger partial charge on any atom is 0.326 e. The van der Waals surface area contributed by atoms with Crippen LogP contribution < -0.4 is 10.6 Å². The number of carboxylic acids is 1. The minimum atomic E-state index is -0.996. The number of urea groups is 1. The molecule has 1 aliphatic rings. The van der Waals surface area contributed by atoms with Crippen molar-refractivity contribution in [2.45, 2.75) is 58.2 Å². The molecule has 0 aromatic carbocycles. The van der Waals surface area contributed by atoms with Crippen LogP contribution >= 0.6 is 0 Å². The Morgan fingerprint density at radius 3 is 2.68 bits per heavy atom. The molecule has 0 aliphatic carbocycles. The zero-order valence-electron chi connectivity index (χ0n) is 11.8. The number of carbonyl (C=O) groups is 2. The lowest BCUT2D eigenvalue weighted by molar-refractivity contribution is -0.140. The van der Waals surface area contributed by atoms with Crippen LogP contribution in [0.2, 0.25) is 0 Å². The molecule has 0 radical (unpaired) electrons. The van der Waals surface area contributed by atoms with E-state index in [9.17, 15) is 9.59 Å². The number of ether oxygens (including phenoxy) is 1. The Labute approximate surface area is 113 Å². The normalized spacial score (nSPS) is 26.3. The third-order valence-electron chi connectivity index (χ3n) is 3.59. The molecule has 1 heterocycles. The highest BCUT2D eigenvalue weighted by molar-refractivity contribution is 5.82. The fourth-order valence-electron chi connectivity index (χ4n) is 2.18. The van der Waals surface area contributed by atoms with Crippen molar-refractivity contribution in [3.63, 3.8) is 0 Å². The highest BCUT2D eigenvalue weighted by atomic mass is 16.5. The summed E-state index contributed by atoms with van der Waals surface area (Å²) in [5.74, 6) is -1.10. The first kappa shape index (κ1) is 15.8. The summed E-state index contributed by atoms with van der Waals surface area (Å²) in [4.78, 5) is 22.9. The number of hydrogen-bond acceptors (Lipinski definition) is 3. The summed E-state index contributed by atoms with van der Waals surface area (Å²) in [5, 5.41) is 14.5. The molecule has 1 aliphatic heterocycles. The van der Waals surface area contributed by atoms with E-state index in [4.69, 9.17) is 9.84 Å². The van der Waals surface area contributed by atoms with Crippen LogP contribution in [0.25, 0.3) is 0 Å². The number of hydrogen-bond donors (Lipinski definition) is 3. The fourth-order valence-corrected chi connectivity index (χ4v) is 2.18. The number of amides is 2. The predicted octanol–water partition coefficient (Wildman–Crippen LogP) is 1.35. The van der Waals surface area contributed by atoms with Crippen LogP contribution in [0.3, 0.4) is 0 Å². The van der Waals surface area contributed by atoms with Crippen LogP contribution in [0.1, 0.15) is 40.0 Å². The minimum Gasteiger partial charge on any atom is -0.480 e. The first-order chi connectivity index (χ1) is 8.93.